The summed E-state index contributed by atoms with van der Waals surface area (Å²) in [5.41, 5.74) is 1.13. The van der Waals surface area contributed by atoms with Gasteiger partial charge in [0, 0.05) is 45.3 Å². The van der Waals surface area contributed by atoms with Gasteiger partial charge in [0.15, 0.2) is 5.82 Å². The Bertz CT molecular complexity index is 592. The first kappa shape index (κ1) is 16.1. The average molecular weight is 315 g/mol. The maximum Gasteiger partial charge on any atom is 0.243 e. The van der Waals surface area contributed by atoms with Crippen molar-refractivity contribution in [2.75, 3.05) is 26.2 Å². The molecular weight excluding hydrogens is 290 g/mol. The fourth-order valence-electron chi connectivity index (χ4n) is 2.95. The lowest BCUT2D eigenvalue weighted by molar-refractivity contribution is 0.0839. The molecule has 1 saturated heterocycles. The van der Waals surface area contributed by atoms with Gasteiger partial charge in [0.2, 0.25) is 5.89 Å². The van der Waals surface area contributed by atoms with E-state index in [0.717, 1.165) is 63.0 Å². The van der Waals surface area contributed by atoms with E-state index in [9.17, 15) is 0 Å². The number of piperazine rings is 1. The molecule has 1 atom stereocenters. The van der Waals surface area contributed by atoms with Crippen LogP contribution in [-0.4, -0.2) is 51.1 Å². The highest BCUT2D eigenvalue weighted by molar-refractivity contribution is 5.03. The van der Waals surface area contributed by atoms with E-state index in [0.29, 0.717) is 0 Å². The minimum absolute atomic E-state index is 0.185. The molecule has 3 rings (SSSR count). The van der Waals surface area contributed by atoms with Crippen LogP contribution < -0.4 is 0 Å². The van der Waals surface area contributed by atoms with Gasteiger partial charge in [0.25, 0.3) is 0 Å². The summed E-state index contributed by atoms with van der Waals surface area (Å²) in [6.45, 7) is 9.30. The number of aromatic nitrogens is 3. The van der Waals surface area contributed by atoms with Crippen molar-refractivity contribution in [3.8, 4) is 0 Å². The standard InChI is InChI=1S/C17H25N5O/c1-3-6-16-19-17(23-20-16)14(2)22-11-9-21(10-12-22)13-15-7-4-5-8-18-15/h4-5,7-8,14H,3,6,9-13H2,1-2H3. The van der Waals surface area contributed by atoms with Crippen molar-refractivity contribution in [2.24, 2.45) is 0 Å². The predicted octanol–water partition coefficient (Wildman–Crippen LogP) is 2.30. The van der Waals surface area contributed by atoms with Crippen molar-refractivity contribution in [1.29, 1.82) is 0 Å². The summed E-state index contributed by atoms with van der Waals surface area (Å²) in [7, 11) is 0. The smallest absolute Gasteiger partial charge is 0.243 e. The molecular formula is C17H25N5O. The summed E-state index contributed by atoms with van der Waals surface area (Å²) in [6, 6.07) is 6.28. The molecule has 0 radical (unpaired) electrons. The summed E-state index contributed by atoms with van der Waals surface area (Å²) in [5, 5.41) is 4.06. The molecule has 1 unspecified atom stereocenters. The molecule has 6 heteroatoms. The second kappa shape index (κ2) is 7.66. The van der Waals surface area contributed by atoms with E-state index in [1.165, 1.54) is 0 Å². The van der Waals surface area contributed by atoms with E-state index in [-0.39, 0.29) is 6.04 Å². The highest BCUT2D eigenvalue weighted by atomic mass is 16.5. The summed E-state index contributed by atoms with van der Waals surface area (Å²) >= 11 is 0. The van der Waals surface area contributed by atoms with Crippen molar-refractivity contribution >= 4 is 0 Å². The monoisotopic (exact) mass is 315 g/mol. The summed E-state index contributed by atoms with van der Waals surface area (Å²) in [5.74, 6) is 1.56. The van der Waals surface area contributed by atoms with Crippen LogP contribution in [0, 0.1) is 0 Å². The number of nitrogens with zero attached hydrogens (tertiary/aromatic N) is 5. The first-order valence-corrected chi connectivity index (χ1v) is 8.45. The van der Waals surface area contributed by atoms with Crippen molar-refractivity contribution in [2.45, 2.75) is 39.3 Å². The molecule has 23 heavy (non-hydrogen) atoms. The Balaban J connectivity index is 1.51. The minimum Gasteiger partial charge on any atom is -0.338 e. The largest absolute Gasteiger partial charge is 0.338 e. The molecule has 0 amide bonds. The second-order valence-electron chi connectivity index (χ2n) is 6.11. The number of hydrogen-bond acceptors (Lipinski definition) is 6. The molecule has 0 N–H and O–H groups in total. The van der Waals surface area contributed by atoms with Crippen LogP contribution in [0.2, 0.25) is 0 Å². The summed E-state index contributed by atoms with van der Waals surface area (Å²) in [4.78, 5) is 13.8. The van der Waals surface area contributed by atoms with Crippen LogP contribution in [0.3, 0.4) is 0 Å². The third kappa shape index (κ3) is 4.14. The molecule has 2 aromatic heterocycles. The molecule has 0 bridgehead atoms. The topological polar surface area (TPSA) is 58.3 Å². The van der Waals surface area contributed by atoms with Crippen LogP contribution in [0.25, 0.3) is 0 Å². The molecule has 0 saturated carbocycles. The van der Waals surface area contributed by atoms with Gasteiger partial charge in [-0.25, -0.2) is 0 Å². The maximum absolute atomic E-state index is 5.43. The zero-order valence-electron chi connectivity index (χ0n) is 14.0. The van der Waals surface area contributed by atoms with Gasteiger partial charge in [0.05, 0.1) is 11.7 Å². The van der Waals surface area contributed by atoms with E-state index in [1.807, 2.05) is 18.3 Å². The highest BCUT2D eigenvalue weighted by Crippen LogP contribution is 2.20. The first-order valence-electron chi connectivity index (χ1n) is 8.45. The molecule has 3 heterocycles. The molecule has 1 aliphatic heterocycles. The Labute approximate surface area is 137 Å². The normalized spacial score (nSPS) is 18.2. The van der Waals surface area contributed by atoms with Crippen LogP contribution in [-0.2, 0) is 13.0 Å². The molecule has 1 aliphatic rings. The second-order valence-corrected chi connectivity index (χ2v) is 6.11. The van der Waals surface area contributed by atoms with Gasteiger partial charge >= 0.3 is 0 Å². The number of rotatable bonds is 6. The Morgan fingerprint density at radius 2 is 2.04 bits per heavy atom. The maximum atomic E-state index is 5.43. The lowest BCUT2D eigenvalue weighted by Gasteiger charge is -2.36. The number of hydrogen-bond donors (Lipinski definition) is 0. The minimum atomic E-state index is 0.185. The molecule has 1 fully saturated rings. The van der Waals surface area contributed by atoms with Crippen LogP contribution in [0.1, 0.15) is 43.7 Å². The van der Waals surface area contributed by atoms with Crippen LogP contribution in [0.5, 0.6) is 0 Å². The van der Waals surface area contributed by atoms with Crippen LogP contribution in [0.15, 0.2) is 28.9 Å². The van der Waals surface area contributed by atoms with Gasteiger partial charge in [-0.3, -0.25) is 14.8 Å². The van der Waals surface area contributed by atoms with E-state index in [4.69, 9.17) is 4.52 Å². The summed E-state index contributed by atoms with van der Waals surface area (Å²) in [6.07, 6.45) is 3.78. The van der Waals surface area contributed by atoms with E-state index in [1.54, 1.807) is 0 Å². The number of aryl methyl sites for hydroxylation is 1. The lowest BCUT2D eigenvalue weighted by atomic mass is 10.2. The van der Waals surface area contributed by atoms with Gasteiger partial charge < -0.3 is 4.52 Å². The van der Waals surface area contributed by atoms with E-state index < -0.39 is 0 Å². The molecule has 124 valence electrons. The van der Waals surface area contributed by atoms with Gasteiger partial charge in [-0.05, 0) is 25.5 Å². The van der Waals surface area contributed by atoms with Crippen LogP contribution >= 0.6 is 0 Å². The van der Waals surface area contributed by atoms with Crippen molar-refractivity contribution in [3.05, 3.63) is 41.8 Å². The fourth-order valence-corrected chi connectivity index (χ4v) is 2.95. The van der Waals surface area contributed by atoms with Gasteiger partial charge in [-0.1, -0.05) is 18.1 Å². The Morgan fingerprint density at radius 1 is 1.22 bits per heavy atom. The molecule has 2 aromatic rings. The first-order chi connectivity index (χ1) is 11.3. The average Bonchev–Trinajstić information content (AvgIpc) is 3.05. The van der Waals surface area contributed by atoms with Gasteiger partial charge in [-0.2, -0.15) is 4.98 Å². The SMILES string of the molecule is CCCc1noc(C(C)N2CCN(Cc3ccccn3)CC2)n1. The Kier molecular flexibility index (Phi) is 5.35. The highest BCUT2D eigenvalue weighted by Gasteiger charge is 2.25. The Hall–Kier alpha value is -1.79. The molecule has 6 nitrogen and oxygen atoms in total. The zero-order chi connectivity index (χ0) is 16.1. The Morgan fingerprint density at radius 3 is 2.74 bits per heavy atom. The molecule has 0 spiro atoms. The van der Waals surface area contributed by atoms with E-state index >= 15 is 0 Å². The third-order valence-electron chi connectivity index (χ3n) is 4.38. The molecule has 0 aromatic carbocycles. The van der Waals surface area contributed by atoms with Gasteiger partial charge in [-0.15, -0.1) is 0 Å². The van der Waals surface area contributed by atoms with Crippen molar-refractivity contribution in [1.82, 2.24) is 24.9 Å². The lowest BCUT2D eigenvalue weighted by Crippen LogP contribution is -2.46. The quantitative estimate of drug-likeness (QED) is 0.815. The predicted molar refractivity (Wildman–Crippen MR) is 87.8 cm³/mol. The third-order valence-corrected chi connectivity index (χ3v) is 4.38. The van der Waals surface area contributed by atoms with Gasteiger partial charge in [0.1, 0.15) is 0 Å². The zero-order valence-corrected chi connectivity index (χ0v) is 14.0. The van der Waals surface area contributed by atoms with Crippen LogP contribution in [0.4, 0.5) is 0 Å². The fraction of sp³-hybridized carbons (Fsp3) is 0.588. The van der Waals surface area contributed by atoms with Crippen molar-refractivity contribution < 1.29 is 4.52 Å². The number of pyridine rings is 1. The molecule has 0 aliphatic carbocycles. The summed E-state index contributed by atoms with van der Waals surface area (Å²) < 4.78 is 5.43. The van der Waals surface area contributed by atoms with E-state index in [2.05, 4.69) is 44.8 Å². The van der Waals surface area contributed by atoms with Crippen molar-refractivity contribution in [3.63, 3.8) is 0 Å².